The van der Waals surface area contributed by atoms with Crippen LogP contribution in [0.2, 0.25) is 0 Å². The zero-order chi connectivity index (χ0) is 16.9. The minimum Gasteiger partial charge on any atom is -0.477 e. The molecule has 0 aliphatic rings. The van der Waals surface area contributed by atoms with E-state index >= 15 is 0 Å². The summed E-state index contributed by atoms with van der Waals surface area (Å²) in [4.78, 5) is 15.9. The highest BCUT2D eigenvalue weighted by molar-refractivity contribution is 5.94. The third-order valence-electron chi connectivity index (χ3n) is 3.70. The van der Waals surface area contributed by atoms with Crippen molar-refractivity contribution in [3.05, 3.63) is 65.6 Å². The van der Waals surface area contributed by atoms with Crippen molar-refractivity contribution >= 4 is 16.9 Å². The number of hydrogen-bond acceptors (Lipinski definition) is 4. The highest BCUT2D eigenvalue weighted by Gasteiger charge is 2.15. The first kappa shape index (κ1) is 16.2. The number of carboxylic acids is 1. The van der Waals surface area contributed by atoms with E-state index in [2.05, 4.69) is 4.98 Å². The molecule has 0 spiro atoms. The van der Waals surface area contributed by atoms with Gasteiger partial charge in [0.05, 0.1) is 18.8 Å². The standard InChI is InChI=1S/C18H18N2O4/c1-23-12-24-11-13-5-6-16-14(8-13)9-17(18(21)22)20(16)10-15-4-2-3-7-19-15/h2-9H,10-12H2,1H3,(H,21,22). The highest BCUT2D eigenvalue weighted by atomic mass is 16.7. The van der Waals surface area contributed by atoms with Gasteiger partial charge in [-0.1, -0.05) is 12.1 Å². The molecule has 6 nitrogen and oxygen atoms in total. The third kappa shape index (κ3) is 3.45. The van der Waals surface area contributed by atoms with Crippen molar-refractivity contribution in [1.82, 2.24) is 9.55 Å². The number of pyridine rings is 1. The van der Waals surface area contributed by atoms with Crippen LogP contribution in [0.1, 0.15) is 21.7 Å². The summed E-state index contributed by atoms with van der Waals surface area (Å²) >= 11 is 0. The quantitative estimate of drug-likeness (QED) is 0.534. The first-order valence-corrected chi connectivity index (χ1v) is 7.51. The molecule has 0 aliphatic carbocycles. The number of carbonyl (C=O) groups is 1. The summed E-state index contributed by atoms with van der Waals surface area (Å²) in [5, 5.41) is 10.4. The number of benzene rings is 1. The van der Waals surface area contributed by atoms with E-state index in [1.54, 1.807) is 23.9 Å². The predicted octanol–water partition coefficient (Wildman–Crippen LogP) is 2.90. The fraction of sp³-hybridized carbons (Fsp3) is 0.222. The molecular formula is C18H18N2O4. The molecule has 24 heavy (non-hydrogen) atoms. The van der Waals surface area contributed by atoms with Gasteiger partial charge < -0.3 is 19.1 Å². The lowest BCUT2D eigenvalue weighted by molar-refractivity contribution is -0.0390. The minimum atomic E-state index is -0.959. The predicted molar refractivity (Wildman–Crippen MR) is 88.9 cm³/mol. The summed E-state index contributed by atoms with van der Waals surface area (Å²) in [6.45, 7) is 1.04. The Bertz CT molecular complexity index is 843. The maximum absolute atomic E-state index is 11.6. The molecule has 0 amide bonds. The van der Waals surface area contributed by atoms with Gasteiger partial charge >= 0.3 is 5.97 Å². The Kier molecular flexibility index (Phi) is 4.88. The average Bonchev–Trinajstić information content (AvgIpc) is 2.94. The Labute approximate surface area is 139 Å². The van der Waals surface area contributed by atoms with Crippen molar-refractivity contribution in [3.8, 4) is 0 Å². The number of methoxy groups -OCH3 is 1. The third-order valence-corrected chi connectivity index (χ3v) is 3.70. The first-order chi connectivity index (χ1) is 11.7. The monoisotopic (exact) mass is 326 g/mol. The van der Waals surface area contributed by atoms with Gasteiger partial charge in [-0.3, -0.25) is 4.98 Å². The fourth-order valence-electron chi connectivity index (χ4n) is 2.65. The molecule has 0 fully saturated rings. The summed E-state index contributed by atoms with van der Waals surface area (Å²) in [7, 11) is 1.57. The van der Waals surface area contributed by atoms with E-state index < -0.39 is 5.97 Å². The second-order valence-electron chi connectivity index (χ2n) is 5.39. The van der Waals surface area contributed by atoms with Gasteiger partial charge in [-0.25, -0.2) is 4.79 Å². The van der Waals surface area contributed by atoms with Crippen LogP contribution in [0.4, 0.5) is 0 Å². The van der Waals surface area contributed by atoms with Crippen molar-refractivity contribution in [2.75, 3.05) is 13.9 Å². The molecule has 0 atom stereocenters. The van der Waals surface area contributed by atoms with E-state index in [1.807, 2.05) is 36.4 Å². The molecular weight excluding hydrogens is 308 g/mol. The van der Waals surface area contributed by atoms with Crippen molar-refractivity contribution in [3.63, 3.8) is 0 Å². The molecule has 0 unspecified atom stereocenters. The molecule has 2 heterocycles. The number of hydrogen-bond donors (Lipinski definition) is 1. The Morgan fingerprint density at radius 2 is 2.12 bits per heavy atom. The van der Waals surface area contributed by atoms with Gasteiger partial charge in [0.25, 0.3) is 0 Å². The van der Waals surface area contributed by atoms with Crippen LogP contribution in [0.25, 0.3) is 10.9 Å². The zero-order valence-electron chi connectivity index (χ0n) is 13.3. The number of aromatic nitrogens is 2. The smallest absolute Gasteiger partial charge is 0.352 e. The summed E-state index contributed by atoms with van der Waals surface area (Å²) in [6, 6.07) is 13.1. The summed E-state index contributed by atoms with van der Waals surface area (Å²) in [6.07, 6.45) is 1.70. The van der Waals surface area contributed by atoms with Crippen molar-refractivity contribution in [2.45, 2.75) is 13.2 Å². The van der Waals surface area contributed by atoms with E-state index in [0.717, 1.165) is 22.2 Å². The number of carboxylic acid groups (broad SMARTS) is 1. The minimum absolute atomic E-state index is 0.221. The van der Waals surface area contributed by atoms with Crippen molar-refractivity contribution < 1.29 is 19.4 Å². The van der Waals surface area contributed by atoms with Crippen LogP contribution in [-0.4, -0.2) is 34.5 Å². The number of fused-ring (bicyclic) bond motifs is 1. The Balaban J connectivity index is 1.97. The van der Waals surface area contributed by atoms with E-state index in [1.165, 1.54) is 0 Å². The Hall–Kier alpha value is -2.70. The fourth-order valence-corrected chi connectivity index (χ4v) is 2.65. The second-order valence-corrected chi connectivity index (χ2v) is 5.39. The van der Waals surface area contributed by atoms with Gasteiger partial charge in [-0.05, 0) is 35.9 Å². The Morgan fingerprint density at radius 1 is 1.25 bits per heavy atom. The van der Waals surface area contributed by atoms with E-state index in [4.69, 9.17) is 9.47 Å². The molecule has 1 N–H and O–H groups in total. The molecule has 3 aromatic rings. The lowest BCUT2D eigenvalue weighted by Crippen LogP contribution is -2.10. The first-order valence-electron chi connectivity index (χ1n) is 7.51. The van der Waals surface area contributed by atoms with Gasteiger partial charge in [0.15, 0.2) is 0 Å². The molecule has 2 aromatic heterocycles. The van der Waals surface area contributed by atoms with Gasteiger partial charge in [0.1, 0.15) is 12.5 Å². The molecule has 0 saturated carbocycles. The van der Waals surface area contributed by atoms with E-state index in [9.17, 15) is 9.90 Å². The van der Waals surface area contributed by atoms with Crippen LogP contribution in [0.15, 0.2) is 48.7 Å². The second kappa shape index (κ2) is 7.25. The number of ether oxygens (including phenoxy) is 2. The molecule has 0 radical (unpaired) electrons. The summed E-state index contributed by atoms with van der Waals surface area (Å²) in [5.74, 6) is -0.959. The van der Waals surface area contributed by atoms with Crippen LogP contribution < -0.4 is 0 Å². The summed E-state index contributed by atoms with van der Waals surface area (Å²) in [5.41, 5.74) is 2.87. The Morgan fingerprint density at radius 3 is 2.83 bits per heavy atom. The van der Waals surface area contributed by atoms with Crippen LogP contribution in [0.5, 0.6) is 0 Å². The van der Waals surface area contributed by atoms with Crippen LogP contribution in [0.3, 0.4) is 0 Å². The van der Waals surface area contributed by atoms with E-state index in [-0.39, 0.29) is 12.5 Å². The maximum Gasteiger partial charge on any atom is 0.352 e. The highest BCUT2D eigenvalue weighted by Crippen LogP contribution is 2.23. The molecule has 3 rings (SSSR count). The largest absolute Gasteiger partial charge is 0.477 e. The molecule has 6 heteroatoms. The van der Waals surface area contributed by atoms with Crippen LogP contribution in [0, 0.1) is 0 Å². The van der Waals surface area contributed by atoms with Gasteiger partial charge in [0, 0.05) is 24.2 Å². The molecule has 0 bridgehead atoms. The van der Waals surface area contributed by atoms with Crippen molar-refractivity contribution in [2.24, 2.45) is 0 Å². The maximum atomic E-state index is 11.6. The number of aromatic carboxylic acids is 1. The number of nitrogens with zero attached hydrogens (tertiary/aromatic N) is 2. The summed E-state index contributed by atoms with van der Waals surface area (Å²) < 4.78 is 12.0. The lowest BCUT2D eigenvalue weighted by atomic mass is 10.1. The van der Waals surface area contributed by atoms with E-state index in [0.29, 0.717) is 13.2 Å². The topological polar surface area (TPSA) is 73.6 Å². The van der Waals surface area contributed by atoms with Gasteiger partial charge in [-0.15, -0.1) is 0 Å². The average molecular weight is 326 g/mol. The molecule has 0 saturated heterocycles. The lowest BCUT2D eigenvalue weighted by Gasteiger charge is -2.08. The molecule has 0 aliphatic heterocycles. The zero-order valence-corrected chi connectivity index (χ0v) is 13.3. The van der Waals surface area contributed by atoms with Gasteiger partial charge in [-0.2, -0.15) is 0 Å². The SMILES string of the molecule is COCOCc1ccc2c(c1)cc(C(=O)O)n2Cc1ccccn1. The number of rotatable bonds is 7. The molecule has 124 valence electrons. The van der Waals surface area contributed by atoms with Crippen LogP contribution >= 0.6 is 0 Å². The molecule has 1 aromatic carbocycles. The van der Waals surface area contributed by atoms with Gasteiger partial charge in [0.2, 0.25) is 0 Å². The van der Waals surface area contributed by atoms with Crippen molar-refractivity contribution in [1.29, 1.82) is 0 Å². The normalized spacial score (nSPS) is 11.0. The van der Waals surface area contributed by atoms with Crippen LogP contribution in [-0.2, 0) is 22.6 Å².